The van der Waals surface area contributed by atoms with Crippen molar-refractivity contribution in [1.29, 1.82) is 0 Å². The van der Waals surface area contributed by atoms with Gasteiger partial charge in [0.1, 0.15) is 5.60 Å². The Kier molecular flexibility index (Phi) is 5.93. The molecule has 0 aromatic heterocycles. The third-order valence-corrected chi connectivity index (χ3v) is 3.28. The maximum atomic E-state index is 11.6. The van der Waals surface area contributed by atoms with Gasteiger partial charge in [-0.15, -0.1) is 0 Å². The lowest BCUT2D eigenvalue weighted by Crippen LogP contribution is -2.42. The van der Waals surface area contributed by atoms with Gasteiger partial charge in [0.05, 0.1) is 12.6 Å². The average Bonchev–Trinajstić information content (AvgIpc) is 2.27. The van der Waals surface area contributed by atoms with Crippen LogP contribution in [0.25, 0.3) is 0 Å². The van der Waals surface area contributed by atoms with Crippen LogP contribution >= 0.6 is 0 Å². The Labute approximate surface area is 110 Å². The summed E-state index contributed by atoms with van der Waals surface area (Å²) in [5.74, 6) is 0.630. The number of hydrogen-bond acceptors (Lipinski definition) is 3. The first-order valence-electron chi connectivity index (χ1n) is 7.01. The fraction of sp³-hybridized carbons (Fsp3) is 0.929. The fourth-order valence-corrected chi connectivity index (χ4v) is 2.48. The van der Waals surface area contributed by atoms with Gasteiger partial charge in [-0.3, -0.25) is 0 Å². The Morgan fingerprint density at radius 2 is 1.94 bits per heavy atom. The standard InChI is InChI=1S/C14H27NO3/c1-14(2,3)18-13(17)15-12(10-16)9-11-7-5-4-6-8-11/h11-12,16H,4-10H2,1-3H3,(H,15,17)/t12-/m0/s1. The molecule has 1 atom stereocenters. The Balaban J connectivity index is 2.34. The molecule has 0 aliphatic heterocycles. The zero-order valence-corrected chi connectivity index (χ0v) is 11.9. The van der Waals surface area contributed by atoms with E-state index in [2.05, 4.69) is 5.32 Å². The molecule has 4 heteroatoms. The molecule has 1 aliphatic rings. The number of carbonyl (C=O) groups is 1. The number of alkyl carbamates (subject to hydrolysis) is 1. The van der Waals surface area contributed by atoms with Crippen molar-refractivity contribution >= 4 is 6.09 Å². The van der Waals surface area contributed by atoms with Crippen LogP contribution in [0.15, 0.2) is 0 Å². The van der Waals surface area contributed by atoms with Gasteiger partial charge in [0.2, 0.25) is 0 Å². The number of rotatable bonds is 4. The van der Waals surface area contributed by atoms with Crippen molar-refractivity contribution in [2.24, 2.45) is 5.92 Å². The lowest BCUT2D eigenvalue weighted by Gasteiger charge is -2.27. The summed E-state index contributed by atoms with van der Waals surface area (Å²) in [5.41, 5.74) is -0.491. The van der Waals surface area contributed by atoms with Gasteiger partial charge in [-0.1, -0.05) is 32.1 Å². The van der Waals surface area contributed by atoms with Gasteiger partial charge in [-0.05, 0) is 33.1 Å². The highest BCUT2D eigenvalue weighted by atomic mass is 16.6. The first-order valence-corrected chi connectivity index (χ1v) is 7.01. The van der Waals surface area contributed by atoms with E-state index in [4.69, 9.17) is 4.74 Å². The molecular weight excluding hydrogens is 230 g/mol. The summed E-state index contributed by atoms with van der Waals surface area (Å²) in [5, 5.41) is 12.1. The van der Waals surface area contributed by atoms with Crippen molar-refractivity contribution in [1.82, 2.24) is 5.32 Å². The Morgan fingerprint density at radius 3 is 2.44 bits per heavy atom. The fourth-order valence-electron chi connectivity index (χ4n) is 2.48. The second-order valence-corrected chi connectivity index (χ2v) is 6.27. The molecule has 1 aliphatic carbocycles. The van der Waals surface area contributed by atoms with Crippen molar-refractivity contribution in [2.75, 3.05) is 6.61 Å². The molecule has 1 amide bonds. The highest BCUT2D eigenvalue weighted by molar-refractivity contribution is 5.68. The van der Waals surface area contributed by atoms with Gasteiger partial charge in [0.15, 0.2) is 0 Å². The summed E-state index contributed by atoms with van der Waals surface area (Å²) in [6.45, 7) is 5.49. The first-order chi connectivity index (χ1) is 8.40. The second kappa shape index (κ2) is 6.98. The highest BCUT2D eigenvalue weighted by Crippen LogP contribution is 2.27. The van der Waals surface area contributed by atoms with Gasteiger partial charge in [-0.25, -0.2) is 4.79 Å². The van der Waals surface area contributed by atoms with Crippen LogP contribution in [0.2, 0.25) is 0 Å². The van der Waals surface area contributed by atoms with Gasteiger partial charge in [-0.2, -0.15) is 0 Å². The molecule has 0 spiro atoms. The smallest absolute Gasteiger partial charge is 0.407 e. The molecule has 1 fully saturated rings. The van der Waals surface area contributed by atoms with Crippen molar-refractivity contribution in [3.63, 3.8) is 0 Å². The normalized spacial score (nSPS) is 19.3. The minimum absolute atomic E-state index is 0.0181. The van der Waals surface area contributed by atoms with Crippen LogP contribution in [0, 0.1) is 5.92 Å². The lowest BCUT2D eigenvalue weighted by atomic mass is 9.85. The molecule has 0 aromatic rings. The molecule has 18 heavy (non-hydrogen) atoms. The number of ether oxygens (including phenoxy) is 1. The zero-order chi connectivity index (χ0) is 13.6. The quantitative estimate of drug-likeness (QED) is 0.814. The van der Waals surface area contributed by atoms with Crippen molar-refractivity contribution < 1.29 is 14.6 Å². The molecule has 1 rings (SSSR count). The topological polar surface area (TPSA) is 58.6 Å². The highest BCUT2D eigenvalue weighted by Gasteiger charge is 2.22. The van der Waals surface area contributed by atoms with Crippen LogP contribution in [0.3, 0.4) is 0 Å². The van der Waals surface area contributed by atoms with E-state index in [0.29, 0.717) is 5.92 Å². The van der Waals surface area contributed by atoms with Gasteiger partial charge < -0.3 is 15.2 Å². The number of carbonyl (C=O) groups excluding carboxylic acids is 1. The zero-order valence-electron chi connectivity index (χ0n) is 11.9. The molecule has 0 aromatic carbocycles. The first kappa shape index (κ1) is 15.3. The summed E-state index contributed by atoms with van der Waals surface area (Å²) in [6.07, 6.45) is 6.72. The maximum absolute atomic E-state index is 11.6. The van der Waals surface area contributed by atoms with Crippen molar-refractivity contribution in [3.8, 4) is 0 Å². The monoisotopic (exact) mass is 257 g/mol. The van der Waals surface area contributed by atoms with E-state index < -0.39 is 11.7 Å². The molecule has 0 radical (unpaired) electrons. The number of aliphatic hydroxyl groups is 1. The van der Waals surface area contributed by atoms with E-state index >= 15 is 0 Å². The van der Waals surface area contributed by atoms with Gasteiger partial charge in [0.25, 0.3) is 0 Å². The summed E-state index contributed by atoms with van der Waals surface area (Å²) in [4.78, 5) is 11.6. The SMILES string of the molecule is CC(C)(C)OC(=O)N[C@H](CO)CC1CCCCC1. The minimum Gasteiger partial charge on any atom is -0.444 e. The molecular formula is C14H27NO3. The molecule has 0 saturated heterocycles. The predicted octanol–water partition coefficient (Wildman–Crippen LogP) is 2.84. The van der Waals surface area contributed by atoms with E-state index in [0.717, 1.165) is 6.42 Å². The summed E-state index contributed by atoms with van der Waals surface area (Å²) >= 11 is 0. The lowest BCUT2D eigenvalue weighted by molar-refractivity contribution is 0.0469. The van der Waals surface area contributed by atoms with E-state index in [1.165, 1.54) is 32.1 Å². The summed E-state index contributed by atoms with van der Waals surface area (Å²) in [7, 11) is 0. The van der Waals surface area contributed by atoms with Crippen LogP contribution in [0.1, 0.15) is 59.3 Å². The number of amides is 1. The van der Waals surface area contributed by atoms with E-state index in [-0.39, 0.29) is 12.6 Å². The van der Waals surface area contributed by atoms with E-state index in [1.54, 1.807) is 0 Å². The third kappa shape index (κ3) is 6.24. The minimum atomic E-state index is -0.491. The second-order valence-electron chi connectivity index (χ2n) is 6.27. The molecule has 4 nitrogen and oxygen atoms in total. The Hall–Kier alpha value is -0.770. The molecule has 2 N–H and O–H groups in total. The number of nitrogens with one attached hydrogen (secondary N) is 1. The van der Waals surface area contributed by atoms with Gasteiger partial charge >= 0.3 is 6.09 Å². The average molecular weight is 257 g/mol. The van der Waals surface area contributed by atoms with Crippen LogP contribution < -0.4 is 5.32 Å². The van der Waals surface area contributed by atoms with Crippen LogP contribution in [-0.4, -0.2) is 29.4 Å². The van der Waals surface area contributed by atoms with Crippen LogP contribution in [-0.2, 0) is 4.74 Å². The Morgan fingerprint density at radius 1 is 1.33 bits per heavy atom. The number of aliphatic hydroxyl groups excluding tert-OH is 1. The summed E-state index contributed by atoms with van der Waals surface area (Å²) in [6, 6.07) is -0.178. The largest absolute Gasteiger partial charge is 0.444 e. The molecule has 0 bridgehead atoms. The number of hydrogen-bond donors (Lipinski definition) is 2. The van der Waals surface area contributed by atoms with Crippen LogP contribution in [0.4, 0.5) is 4.79 Å². The van der Waals surface area contributed by atoms with Crippen LogP contribution in [0.5, 0.6) is 0 Å². The molecule has 0 heterocycles. The van der Waals surface area contributed by atoms with E-state index in [9.17, 15) is 9.90 Å². The summed E-state index contributed by atoms with van der Waals surface area (Å²) < 4.78 is 5.20. The predicted molar refractivity (Wildman–Crippen MR) is 71.4 cm³/mol. The maximum Gasteiger partial charge on any atom is 0.407 e. The van der Waals surface area contributed by atoms with Crippen molar-refractivity contribution in [3.05, 3.63) is 0 Å². The third-order valence-electron chi connectivity index (χ3n) is 3.28. The Bertz CT molecular complexity index is 254. The molecule has 1 saturated carbocycles. The van der Waals surface area contributed by atoms with E-state index in [1.807, 2.05) is 20.8 Å². The van der Waals surface area contributed by atoms with Crippen molar-refractivity contribution in [2.45, 2.75) is 70.9 Å². The van der Waals surface area contributed by atoms with Gasteiger partial charge in [0, 0.05) is 0 Å². The molecule has 0 unspecified atom stereocenters. The molecule has 106 valence electrons.